The maximum Gasteiger partial charge on any atom is 0.293 e. The van der Waals surface area contributed by atoms with Crippen LogP contribution in [0.5, 0.6) is 0 Å². The van der Waals surface area contributed by atoms with Crippen molar-refractivity contribution in [2.24, 2.45) is 5.10 Å². The van der Waals surface area contributed by atoms with Crippen molar-refractivity contribution in [3.63, 3.8) is 0 Å². The summed E-state index contributed by atoms with van der Waals surface area (Å²) in [5.41, 5.74) is 4.93. The van der Waals surface area contributed by atoms with Crippen LogP contribution in [0.1, 0.15) is 24.8 Å². The average Bonchev–Trinajstić information content (AvgIpc) is 2.85. The van der Waals surface area contributed by atoms with E-state index in [0.717, 1.165) is 38.0 Å². The quantitative estimate of drug-likeness (QED) is 0.266. The minimum atomic E-state index is -0.346. The first kappa shape index (κ1) is 21.9. The lowest BCUT2D eigenvalue weighted by atomic mass is 10.1. The molecule has 0 atom stereocenters. The first-order valence-corrected chi connectivity index (χ1v) is 10.7. The molecule has 3 N–H and O–H groups in total. The number of nitrogens with one attached hydrogen (secondary N) is 3. The minimum Gasteiger partial charge on any atom is -0.366 e. The number of aromatic nitrogens is 3. The molecule has 1 aliphatic heterocycles. The summed E-state index contributed by atoms with van der Waals surface area (Å²) < 4.78 is 0. The van der Waals surface area contributed by atoms with E-state index in [4.69, 9.17) is 0 Å². The van der Waals surface area contributed by atoms with Crippen LogP contribution in [0.25, 0.3) is 0 Å². The first-order valence-electron chi connectivity index (χ1n) is 10.7. The van der Waals surface area contributed by atoms with E-state index in [0.29, 0.717) is 23.1 Å². The van der Waals surface area contributed by atoms with Gasteiger partial charge in [-0.3, -0.25) is 10.1 Å². The van der Waals surface area contributed by atoms with Gasteiger partial charge in [0.15, 0.2) is 0 Å². The maximum atomic E-state index is 11.6. The Balaban J connectivity index is 1.49. The van der Waals surface area contributed by atoms with Crippen LogP contribution in [-0.2, 0) is 0 Å². The molecule has 1 fully saturated rings. The van der Waals surface area contributed by atoms with Gasteiger partial charge in [-0.1, -0.05) is 24.3 Å². The van der Waals surface area contributed by atoms with Gasteiger partial charge in [0.25, 0.3) is 5.69 Å². The molecule has 0 bridgehead atoms. The van der Waals surface area contributed by atoms with Gasteiger partial charge in [0.2, 0.25) is 17.8 Å². The predicted molar refractivity (Wildman–Crippen MR) is 129 cm³/mol. The van der Waals surface area contributed by atoms with Crippen LogP contribution in [0.4, 0.5) is 34.9 Å². The zero-order valence-corrected chi connectivity index (χ0v) is 18.2. The number of hydrazone groups is 1. The number of hydrogen-bond donors (Lipinski definition) is 3. The topological polar surface area (TPSA) is 134 Å². The third kappa shape index (κ3) is 5.70. The summed E-state index contributed by atoms with van der Waals surface area (Å²) in [6.07, 6.45) is 4.76. The van der Waals surface area contributed by atoms with E-state index in [9.17, 15) is 10.1 Å². The molecular formula is C22H25N9O2. The molecule has 0 saturated carbocycles. The highest BCUT2D eigenvalue weighted by molar-refractivity contribution is 5.83. The number of nitro groups is 1. The third-order valence-corrected chi connectivity index (χ3v) is 5.16. The van der Waals surface area contributed by atoms with E-state index in [1.165, 1.54) is 12.3 Å². The highest BCUT2D eigenvalue weighted by Gasteiger charge is 2.21. The Bertz CT molecular complexity index is 1130. The molecule has 170 valence electrons. The fourth-order valence-corrected chi connectivity index (χ4v) is 3.58. The highest BCUT2D eigenvalue weighted by Crippen LogP contribution is 2.31. The molecule has 1 saturated heterocycles. The molecule has 0 unspecified atom stereocenters. The minimum absolute atomic E-state index is 0.0767. The molecule has 3 aromatic rings. The predicted octanol–water partition coefficient (Wildman–Crippen LogP) is 4.00. The molecule has 0 amide bonds. The van der Waals surface area contributed by atoms with E-state index < -0.39 is 0 Å². The van der Waals surface area contributed by atoms with E-state index in [-0.39, 0.29) is 16.6 Å². The van der Waals surface area contributed by atoms with Crippen molar-refractivity contribution >= 4 is 41.1 Å². The summed E-state index contributed by atoms with van der Waals surface area (Å²) >= 11 is 0. The molecule has 11 heteroatoms. The molecule has 0 radical (unpaired) electrons. The summed E-state index contributed by atoms with van der Waals surface area (Å²) in [5, 5.41) is 21.8. The average molecular weight is 448 g/mol. The van der Waals surface area contributed by atoms with Crippen molar-refractivity contribution in [1.29, 1.82) is 0 Å². The molecule has 11 nitrogen and oxygen atoms in total. The van der Waals surface area contributed by atoms with Crippen LogP contribution in [0, 0.1) is 10.1 Å². The third-order valence-electron chi connectivity index (χ3n) is 5.16. The number of rotatable bonds is 8. The van der Waals surface area contributed by atoms with Crippen LogP contribution in [0.2, 0.25) is 0 Å². The number of nitrogens with zero attached hydrogens (tertiary/aromatic N) is 6. The standard InChI is InChI=1S/C22H25N9O2/c1-23-20-26-21(25-17-8-4-2-5-9-17)28-22(27-20)29-24-15-16-10-11-18(19(14-16)31(32)33)30-12-6-3-7-13-30/h2,4-5,8-11,14-15H,3,6-7,12-13H2,1H3,(H3,23,25,26,27,28,29)/b24-15-. The second-order valence-electron chi connectivity index (χ2n) is 7.47. The van der Waals surface area contributed by atoms with Crippen molar-refractivity contribution in [2.75, 3.05) is 41.1 Å². The molecule has 0 spiro atoms. The van der Waals surface area contributed by atoms with Crippen LogP contribution in [0.15, 0.2) is 53.6 Å². The van der Waals surface area contributed by atoms with Crippen LogP contribution in [0.3, 0.4) is 0 Å². The molecule has 2 aromatic carbocycles. The van der Waals surface area contributed by atoms with Crippen molar-refractivity contribution < 1.29 is 4.92 Å². The van der Waals surface area contributed by atoms with Gasteiger partial charge in [-0.25, -0.2) is 5.43 Å². The zero-order chi connectivity index (χ0) is 23.0. The first-order chi connectivity index (χ1) is 16.1. The SMILES string of the molecule is CNc1nc(N/N=C\c2ccc(N3CCCCC3)c([N+](=O)[O-])c2)nc(Nc2ccccc2)n1. The van der Waals surface area contributed by atoms with E-state index >= 15 is 0 Å². The Kier molecular flexibility index (Phi) is 6.88. The zero-order valence-electron chi connectivity index (χ0n) is 18.2. The number of anilines is 5. The molecule has 2 heterocycles. The Hall–Kier alpha value is -4.28. The van der Waals surface area contributed by atoms with Crippen LogP contribution < -0.4 is 21.0 Å². The van der Waals surface area contributed by atoms with Crippen molar-refractivity contribution in [3.05, 3.63) is 64.2 Å². The van der Waals surface area contributed by atoms with Crippen LogP contribution in [-0.4, -0.2) is 46.2 Å². The molecule has 4 rings (SSSR count). The fourth-order valence-electron chi connectivity index (χ4n) is 3.58. The lowest BCUT2D eigenvalue weighted by Gasteiger charge is -2.28. The number of para-hydroxylation sites is 1. The summed E-state index contributed by atoms with van der Waals surface area (Å²) in [5.74, 6) is 0.936. The number of piperidine rings is 1. The van der Waals surface area contributed by atoms with Crippen molar-refractivity contribution in [3.8, 4) is 0 Å². The van der Waals surface area contributed by atoms with Crippen LogP contribution >= 0.6 is 0 Å². The summed E-state index contributed by atoms with van der Waals surface area (Å²) in [7, 11) is 1.71. The van der Waals surface area contributed by atoms with Gasteiger partial charge in [-0.05, 0) is 37.5 Å². The Labute approximate surface area is 191 Å². The second kappa shape index (κ2) is 10.4. The summed E-state index contributed by atoms with van der Waals surface area (Å²) in [4.78, 5) is 26.2. The van der Waals surface area contributed by atoms with Gasteiger partial charge >= 0.3 is 0 Å². The number of nitro benzene ring substituents is 1. The lowest BCUT2D eigenvalue weighted by Crippen LogP contribution is -2.29. The van der Waals surface area contributed by atoms with Gasteiger partial charge in [0.05, 0.1) is 11.1 Å². The lowest BCUT2D eigenvalue weighted by molar-refractivity contribution is -0.384. The maximum absolute atomic E-state index is 11.6. The van der Waals surface area contributed by atoms with E-state index in [1.54, 1.807) is 13.1 Å². The number of benzene rings is 2. The highest BCUT2D eigenvalue weighted by atomic mass is 16.6. The number of hydrogen-bond acceptors (Lipinski definition) is 10. The normalized spacial score (nSPS) is 13.7. The Morgan fingerprint density at radius 2 is 1.73 bits per heavy atom. The molecule has 1 aromatic heterocycles. The van der Waals surface area contributed by atoms with E-state index in [2.05, 4.69) is 41.0 Å². The molecule has 33 heavy (non-hydrogen) atoms. The molecule has 0 aliphatic carbocycles. The van der Waals surface area contributed by atoms with Crippen molar-refractivity contribution in [1.82, 2.24) is 15.0 Å². The van der Waals surface area contributed by atoms with Gasteiger partial charge in [0.1, 0.15) is 5.69 Å². The Morgan fingerprint density at radius 1 is 1.00 bits per heavy atom. The van der Waals surface area contributed by atoms with E-state index in [1.807, 2.05) is 36.4 Å². The van der Waals surface area contributed by atoms with Gasteiger partial charge in [-0.15, -0.1) is 0 Å². The smallest absolute Gasteiger partial charge is 0.293 e. The van der Waals surface area contributed by atoms with Gasteiger partial charge in [0, 0.05) is 37.5 Å². The summed E-state index contributed by atoms with van der Waals surface area (Å²) in [6.45, 7) is 1.67. The monoisotopic (exact) mass is 447 g/mol. The molecular weight excluding hydrogens is 422 g/mol. The molecule has 1 aliphatic rings. The fraction of sp³-hybridized carbons (Fsp3) is 0.273. The van der Waals surface area contributed by atoms with Gasteiger partial charge in [-0.2, -0.15) is 20.1 Å². The van der Waals surface area contributed by atoms with Crippen molar-refractivity contribution in [2.45, 2.75) is 19.3 Å². The summed E-state index contributed by atoms with van der Waals surface area (Å²) in [6, 6.07) is 14.7. The second-order valence-corrected chi connectivity index (χ2v) is 7.47. The largest absolute Gasteiger partial charge is 0.366 e. The Morgan fingerprint density at radius 3 is 2.45 bits per heavy atom. The van der Waals surface area contributed by atoms with Gasteiger partial charge < -0.3 is 15.5 Å².